The summed E-state index contributed by atoms with van der Waals surface area (Å²) in [4.78, 5) is 0. The van der Waals surface area contributed by atoms with Crippen molar-refractivity contribution in [3.8, 4) is 12.3 Å². The molecular weight excluding hydrogens is 120 g/mol. The summed E-state index contributed by atoms with van der Waals surface area (Å²) in [5, 5.41) is 0. The van der Waals surface area contributed by atoms with Crippen molar-refractivity contribution in [2.45, 2.75) is 32.1 Å². The molecule has 0 aromatic rings. The van der Waals surface area contributed by atoms with Crippen LogP contribution in [0.3, 0.4) is 0 Å². The van der Waals surface area contributed by atoms with Crippen LogP contribution >= 0.6 is 0 Å². The molecule has 0 heteroatoms. The van der Waals surface area contributed by atoms with Gasteiger partial charge in [0.15, 0.2) is 0 Å². The maximum absolute atomic E-state index is 5.20. The maximum Gasteiger partial charge on any atom is -0.00515 e. The van der Waals surface area contributed by atoms with Crippen molar-refractivity contribution < 1.29 is 0 Å². The lowest BCUT2D eigenvalue weighted by atomic mass is 9.99. The largest absolute Gasteiger partial charge is 0.115 e. The third-order valence-corrected chi connectivity index (χ3v) is 2.21. The molecule has 0 spiro atoms. The quantitative estimate of drug-likeness (QED) is 0.509. The second-order valence-corrected chi connectivity index (χ2v) is 3.10. The van der Waals surface area contributed by atoms with Crippen LogP contribution in [0.1, 0.15) is 32.1 Å². The smallest absolute Gasteiger partial charge is 0.00515 e. The molecule has 1 rings (SSSR count). The molecule has 0 aromatic heterocycles. The van der Waals surface area contributed by atoms with Crippen molar-refractivity contribution in [1.29, 1.82) is 0 Å². The van der Waals surface area contributed by atoms with E-state index in [1.807, 2.05) is 0 Å². The Hall–Kier alpha value is -0.700. The van der Waals surface area contributed by atoms with Gasteiger partial charge in [-0.25, -0.2) is 0 Å². The summed E-state index contributed by atoms with van der Waals surface area (Å²) in [5.74, 6) is 3.45. The zero-order chi connectivity index (χ0) is 7.40. The molecule has 10 heavy (non-hydrogen) atoms. The van der Waals surface area contributed by atoms with Crippen molar-refractivity contribution in [1.82, 2.24) is 0 Å². The monoisotopic (exact) mass is 134 g/mol. The molecule has 0 radical (unpaired) electrons. The van der Waals surface area contributed by atoms with Crippen molar-refractivity contribution in [3.05, 3.63) is 12.2 Å². The highest BCUT2D eigenvalue weighted by atomic mass is 14.2. The fourth-order valence-corrected chi connectivity index (χ4v) is 1.62. The molecule has 1 saturated carbocycles. The minimum Gasteiger partial charge on any atom is -0.115 e. The maximum atomic E-state index is 5.20. The van der Waals surface area contributed by atoms with Crippen LogP contribution in [-0.2, 0) is 0 Å². The van der Waals surface area contributed by atoms with Gasteiger partial charge in [-0.2, -0.15) is 0 Å². The van der Waals surface area contributed by atoms with Crippen LogP contribution in [0.2, 0.25) is 0 Å². The fourth-order valence-electron chi connectivity index (χ4n) is 1.62. The predicted molar refractivity (Wildman–Crippen MR) is 44.5 cm³/mol. The van der Waals surface area contributed by atoms with Crippen molar-refractivity contribution in [2.75, 3.05) is 0 Å². The summed E-state index contributed by atoms with van der Waals surface area (Å²) in [6.45, 7) is 3.80. The van der Waals surface area contributed by atoms with E-state index >= 15 is 0 Å². The number of hydrogen-bond acceptors (Lipinski definition) is 0. The zero-order valence-corrected chi connectivity index (χ0v) is 6.40. The van der Waals surface area contributed by atoms with Crippen LogP contribution in [0.5, 0.6) is 0 Å². The van der Waals surface area contributed by atoms with Gasteiger partial charge in [0.25, 0.3) is 0 Å². The molecule has 0 amide bonds. The Morgan fingerprint density at radius 3 is 2.60 bits per heavy atom. The molecule has 0 N–H and O–H groups in total. The Morgan fingerprint density at radius 1 is 1.50 bits per heavy atom. The van der Waals surface area contributed by atoms with E-state index in [1.165, 1.54) is 25.7 Å². The van der Waals surface area contributed by atoms with Crippen molar-refractivity contribution >= 4 is 0 Å². The third-order valence-electron chi connectivity index (χ3n) is 2.21. The van der Waals surface area contributed by atoms with E-state index in [2.05, 4.69) is 12.5 Å². The van der Waals surface area contributed by atoms with E-state index in [1.54, 1.807) is 0 Å². The third kappa shape index (κ3) is 1.92. The number of allylic oxidation sites excluding steroid dienone is 1. The summed E-state index contributed by atoms with van der Waals surface area (Å²) in [7, 11) is 0. The SMILES string of the molecule is C#CC(=C)CC1CCCC1. The highest BCUT2D eigenvalue weighted by Crippen LogP contribution is 2.29. The standard InChI is InChI=1S/C10H14/c1-3-9(2)8-10-6-4-5-7-10/h1,10H,2,4-8H2. The zero-order valence-electron chi connectivity index (χ0n) is 6.40. The van der Waals surface area contributed by atoms with Gasteiger partial charge in [-0.3, -0.25) is 0 Å². The van der Waals surface area contributed by atoms with Gasteiger partial charge in [0, 0.05) is 0 Å². The van der Waals surface area contributed by atoms with E-state index in [0.29, 0.717) is 0 Å². The lowest BCUT2D eigenvalue weighted by Gasteiger charge is -2.05. The van der Waals surface area contributed by atoms with Crippen LogP contribution in [0.4, 0.5) is 0 Å². The lowest BCUT2D eigenvalue weighted by Crippen LogP contribution is -1.92. The summed E-state index contributed by atoms with van der Waals surface area (Å²) in [6, 6.07) is 0. The number of terminal acetylenes is 1. The second-order valence-electron chi connectivity index (χ2n) is 3.10. The van der Waals surface area contributed by atoms with Gasteiger partial charge in [-0.05, 0) is 17.9 Å². The molecule has 0 nitrogen and oxygen atoms in total. The van der Waals surface area contributed by atoms with Gasteiger partial charge >= 0.3 is 0 Å². The molecule has 0 bridgehead atoms. The number of rotatable bonds is 2. The van der Waals surface area contributed by atoms with E-state index in [-0.39, 0.29) is 0 Å². The van der Waals surface area contributed by atoms with E-state index in [0.717, 1.165) is 17.9 Å². The van der Waals surface area contributed by atoms with Crippen LogP contribution in [-0.4, -0.2) is 0 Å². The molecule has 0 unspecified atom stereocenters. The van der Waals surface area contributed by atoms with Crippen molar-refractivity contribution in [3.63, 3.8) is 0 Å². The normalized spacial score (nSPS) is 18.7. The summed E-state index contributed by atoms with van der Waals surface area (Å²) < 4.78 is 0. The Labute approximate surface area is 63.3 Å². The van der Waals surface area contributed by atoms with Crippen LogP contribution in [0.15, 0.2) is 12.2 Å². The Morgan fingerprint density at radius 2 is 2.10 bits per heavy atom. The molecular formula is C10H14. The Kier molecular flexibility index (Phi) is 2.57. The average Bonchev–Trinajstić information content (AvgIpc) is 2.40. The van der Waals surface area contributed by atoms with Gasteiger partial charge in [-0.15, -0.1) is 6.42 Å². The molecule has 0 heterocycles. The van der Waals surface area contributed by atoms with Crippen LogP contribution in [0, 0.1) is 18.3 Å². The first-order valence-corrected chi connectivity index (χ1v) is 3.97. The first-order chi connectivity index (χ1) is 4.83. The first-order valence-electron chi connectivity index (χ1n) is 3.97. The van der Waals surface area contributed by atoms with Gasteiger partial charge < -0.3 is 0 Å². The Bertz CT molecular complexity index is 153. The first kappa shape index (κ1) is 7.41. The van der Waals surface area contributed by atoms with E-state index in [4.69, 9.17) is 6.42 Å². The van der Waals surface area contributed by atoms with E-state index in [9.17, 15) is 0 Å². The van der Waals surface area contributed by atoms with Gasteiger partial charge in [0.05, 0.1) is 0 Å². The summed E-state index contributed by atoms with van der Waals surface area (Å²) in [5.41, 5.74) is 0.979. The molecule has 0 aromatic carbocycles. The minimum absolute atomic E-state index is 0.851. The molecule has 1 aliphatic carbocycles. The molecule has 54 valence electrons. The highest BCUT2D eigenvalue weighted by molar-refractivity contribution is 5.21. The molecule has 1 aliphatic rings. The fraction of sp³-hybridized carbons (Fsp3) is 0.600. The molecule has 0 saturated heterocycles. The molecule has 1 fully saturated rings. The van der Waals surface area contributed by atoms with E-state index < -0.39 is 0 Å². The highest BCUT2D eigenvalue weighted by Gasteiger charge is 2.14. The molecule has 0 aliphatic heterocycles. The average molecular weight is 134 g/mol. The van der Waals surface area contributed by atoms with Gasteiger partial charge in [-0.1, -0.05) is 38.2 Å². The predicted octanol–water partition coefficient (Wildman–Crippen LogP) is 2.76. The van der Waals surface area contributed by atoms with Gasteiger partial charge in [0.2, 0.25) is 0 Å². The topological polar surface area (TPSA) is 0 Å². The Balaban J connectivity index is 2.25. The van der Waals surface area contributed by atoms with Crippen LogP contribution in [0.25, 0.3) is 0 Å². The minimum atomic E-state index is 0.851. The molecule has 0 atom stereocenters. The summed E-state index contributed by atoms with van der Waals surface area (Å²) in [6.07, 6.45) is 11.8. The van der Waals surface area contributed by atoms with Gasteiger partial charge in [0.1, 0.15) is 0 Å². The summed E-state index contributed by atoms with van der Waals surface area (Å²) >= 11 is 0. The van der Waals surface area contributed by atoms with Crippen LogP contribution < -0.4 is 0 Å². The number of hydrogen-bond donors (Lipinski definition) is 0. The lowest BCUT2D eigenvalue weighted by molar-refractivity contribution is 0.551. The van der Waals surface area contributed by atoms with Crippen molar-refractivity contribution in [2.24, 2.45) is 5.92 Å². The second kappa shape index (κ2) is 3.46.